The third kappa shape index (κ3) is 8.55. The van der Waals surface area contributed by atoms with Gasteiger partial charge in [0.15, 0.2) is 0 Å². The normalized spacial score (nSPS) is 9.61. The van der Waals surface area contributed by atoms with E-state index in [-0.39, 0.29) is 37.2 Å². The monoisotopic (exact) mass is 373 g/mol. The smallest absolute Gasteiger partial charge is 0.366 e. The SMILES string of the molecule is CCCCCCCCOc1ccc(C(=O)ONC=O)c(O)c1.[Zn]. The summed E-state index contributed by atoms with van der Waals surface area (Å²) in [5.41, 5.74) is 1.74. The number of nitrogens with one attached hydrogen (secondary N) is 1. The molecule has 0 aliphatic heterocycles. The van der Waals surface area contributed by atoms with Crippen molar-refractivity contribution in [3.05, 3.63) is 23.8 Å². The van der Waals surface area contributed by atoms with Crippen LogP contribution in [0.5, 0.6) is 11.5 Å². The van der Waals surface area contributed by atoms with Crippen molar-refractivity contribution < 1.29 is 43.7 Å². The van der Waals surface area contributed by atoms with Gasteiger partial charge in [0, 0.05) is 25.5 Å². The molecule has 1 aromatic carbocycles. The topological polar surface area (TPSA) is 84.9 Å². The molecule has 0 aliphatic rings. The third-order valence-corrected chi connectivity index (χ3v) is 3.16. The predicted octanol–water partition coefficient (Wildman–Crippen LogP) is 2.95. The number of carbonyl (C=O) groups is 2. The second kappa shape index (κ2) is 12.9. The van der Waals surface area contributed by atoms with Crippen LogP contribution < -0.4 is 10.2 Å². The van der Waals surface area contributed by atoms with Crippen molar-refractivity contribution in [2.24, 2.45) is 0 Å². The molecule has 0 saturated heterocycles. The number of unbranched alkanes of at least 4 members (excludes halogenated alkanes) is 5. The number of hydrogen-bond acceptors (Lipinski definition) is 5. The van der Waals surface area contributed by atoms with E-state index in [0.717, 1.165) is 12.8 Å². The van der Waals surface area contributed by atoms with Crippen LogP contribution in [0.3, 0.4) is 0 Å². The fourth-order valence-electron chi connectivity index (χ4n) is 1.98. The van der Waals surface area contributed by atoms with Crippen LogP contribution in [0.25, 0.3) is 0 Å². The van der Waals surface area contributed by atoms with Crippen molar-refractivity contribution in [3.8, 4) is 11.5 Å². The summed E-state index contributed by atoms with van der Waals surface area (Å²) >= 11 is 0. The van der Waals surface area contributed by atoms with Gasteiger partial charge in [-0.2, -0.15) is 5.48 Å². The Balaban J connectivity index is 0.00000484. The van der Waals surface area contributed by atoms with Crippen molar-refractivity contribution in [2.45, 2.75) is 45.4 Å². The van der Waals surface area contributed by atoms with E-state index in [0.29, 0.717) is 12.4 Å². The Morgan fingerprint density at radius 2 is 1.91 bits per heavy atom. The molecule has 7 heteroatoms. The van der Waals surface area contributed by atoms with Crippen LogP contribution in [0, 0.1) is 0 Å². The van der Waals surface area contributed by atoms with Crippen molar-refractivity contribution in [1.29, 1.82) is 0 Å². The van der Waals surface area contributed by atoms with E-state index in [1.807, 2.05) is 0 Å². The van der Waals surface area contributed by atoms with Crippen molar-refractivity contribution in [2.75, 3.05) is 6.61 Å². The van der Waals surface area contributed by atoms with Crippen LogP contribution >= 0.6 is 0 Å². The second-order valence-electron chi connectivity index (χ2n) is 4.92. The molecule has 0 radical (unpaired) electrons. The first-order valence-corrected chi connectivity index (χ1v) is 7.55. The Labute approximate surface area is 149 Å². The van der Waals surface area contributed by atoms with Crippen molar-refractivity contribution in [3.63, 3.8) is 0 Å². The molecule has 2 N–H and O–H groups in total. The van der Waals surface area contributed by atoms with Gasteiger partial charge in [0.2, 0.25) is 6.41 Å². The standard InChI is InChI=1S/C16H23NO5.Zn/c1-2-3-4-5-6-7-10-21-13-8-9-14(15(19)11-13)16(20)22-17-12-18;/h8-9,11-12,19H,2-7,10H2,1H3,(H,17,18);. The summed E-state index contributed by atoms with van der Waals surface area (Å²) in [6, 6.07) is 4.32. The Hall–Kier alpha value is -1.62. The molecule has 1 aromatic rings. The summed E-state index contributed by atoms with van der Waals surface area (Å²) in [6.07, 6.45) is 7.26. The molecular weight excluding hydrogens is 352 g/mol. The van der Waals surface area contributed by atoms with Gasteiger partial charge in [0.1, 0.15) is 17.1 Å². The summed E-state index contributed by atoms with van der Waals surface area (Å²) < 4.78 is 5.53. The molecule has 0 saturated carbocycles. The van der Waals surface area contributed by atoms with Crippen LogP contribution in [0.15, 0.2) is 18.2 Å². The maximum Gasteiger partial charge on any atom is 0.366 e. The first kappa shape index (κ1) is 21.4. The van der Waals surface area contributed by atoms with Gasteiger partial charge in [0.05, 0.1) is 6.61 Å². The summed E-state index contributed by atoms with van der Waals surface area (Å²) in [5.74, 6) is -0.601. The van der Waals surface area contributed by atoms with E-state index in [1.165, 1.54) is 37.8 Å². The van der Waals surface area contributed by atoms with E-state index in [9.17, 15) is 14.7 Å². The number of carbonyl (C=O) groups excluding carboxylic acids is 2. The predicted molar refractivity (Wildman–Crippen MR) is 81.6 cm³/mol. The zero-order chi connectivity index (χ0) is 16.2. The minimum Gasteiger partial charge on any atom is -0.507 e. The maximum absolute atomic E-state index is 11.5. The molecule has 0 atom stereocenters. The second-order valence-corrected chi connectivity index (χ2v) is 4.92. The van der Waals surface area contributed by atoms with Crippen LogP contribution in [0.1, 0.15) is 55.8 Å². The van der Waals surface area contributed by atoms with Crippen LogP contribution in [-0.2, 0) is 29.1 Å². The van der Waals surface area contributed by atoms with Crippen LogP contribution in [0.4, 0.5) is 0 Å². The summed E-state index contributed by atoms with van der Waals surface area (Å²) in [4.78, 5) is 25.9. The van der Waals surface area contributed by atoms with Gasteiger partial charge >= 0.3 is 5.97 Å². The van der Waals surface area contributed by atoms with Gasteiger partial charge in [-0.15, -0.1) is 0 Å². The Morgan fingerprint density at radius 3 is 2.57 bits per heavy atom. The number of benzene rings is 1. The number of aromatic hydroxyl groups is 1. The fourth-order valence-corrected chi connectivity index (χ4v) is 1.98. The molecular formula is C16H23NO5Zn. The maximum atomic E-state index is 11.5. The fraction of sp³-hybridized carbons (Fsp3) is 0.500. The Kier molecular flexibility index (Phi) is 12.0. The third-order valence-electron chi connectivity index (χ3n) is 3.16. The van der Waals surface area contributed by atoms with Crippen molar-refractivity contribution >= 4 is 12.4 Å². The van der Waals surface area contributed by atoms with Crippen molar-refractivity contribution in [1.82, 2.24) is 5.48 Å². The van der Waals surface area contributed by atoms with E-state index < -0.39 is 5.97 Å². The zero-order valence-corrected chi connectivity index (χ0v) is 16.5. The molecule has 0 bridgehead atoms. The molecule has 6 nitrogen and oxygen atoms in total. The minimum atomic E-state index is -0.841. The number of ether oxygens (including phenoxy) is 1. The number of amides is 1. The van der Waals surface area contributed by atoms with Crippen LogP contribution in [0.2, 0.25) is 0 Å². The number of hydrogen-bond donors (Lipinski definition) is 2. The molecule has 23 heavy (non-hydrogen) atoms. The average molecular weight is 375 g/mol. The number of rotatable bonds is 11. The van der Waals surface area contributed by atoms with E-state index in [2.05, 4.69) is 11.8 Å². The van der Waals surface area contributed by atoms with Gasteiger partial charge < -0.3 is 14.7 Å². The Bertz CT molecular complexity index is 482. The molecule has 1 amide bonds. The molecule has 1 rings (SSSR count). The summed E-state index contributed by atoms with van der Waals surface area (Å²) in [6.45, 7) is 2.76. The molecule has 0 aromatic heterocycles. The molecule has 124 valence electrons. The molecule has 0 unspecified atom stereocenters. The van der Waals surface area contributed by atoms with E-state index >= 15 is 0 Å². The Morgan fingerprint density at radius 1 is 1.22 bits per heavy atom. The number of phenolic OH excluding ortho intramolecular Hbond substituents is 1. The van der Waals surface area contributed by atoms with Gasteiger partial charge in [-0.3, -0.25) is 4.79 Å². The first-order chi connectivity index (χ1) is 10.7. The molecule has 0 aliphatic carbocycles. The van der Waals surface area contributed by atoms with Gasteiger partial charge in [0.25, 0.3) is 0 Å². The average Bonchev–Trinajstić information content (AvgIpc) is 2.52. The molecule has 0 spiro atoms. The van der Waals surface area contributed by atoms with Gasteiger partial charge in [-0.25, -0.2) is 4.79 Å². The minimum absolute atomic E-state index is 0. The number of hydroxylamine groups is 1. The molecule has 0 heterocycles. The van der Waals surface area contributed by atoms with Crippen LogP contribution in [-0.4, -0.2) is 24.1 Å². The van der Waals surface area contributed by atoms with E-state index in [1.54, 1.807) is 11.5 Å². The molecule has 0 fully saturated rings. The largest absolute Gasteiger partial charge is 0.507 e. The van der Waals surface area contributed by atoms with E-state index in [4.69, 9.17) is 4.74 Å². The van der Waals surface area contributed by atoms with Gasteiger partial charge in [-0.05, 0) is 18.6 Å². The number of phenols is 1. The first-order valence-electron chi connectivity index (χ1n) is 7.55. The zero-order valence-electron chi connectivity index (χ0n) is 13.5. The quantitative estimate of drug-likeness (QED) is 0.269. The summed E-state index contributed by atoms with van der Waals surface area (Å²) in [5, 5.41) is 9.76. The van der Waals surface area contributed by atoms with Gasteiger partial charge in [-0.1, -0.05) is 39.0 Å². The summed E-state index contributed by atoms with van der Waals surface area (Å²) in [7, 11) is 0.